The van der Waals surface area contributed by atoms with Crippen molar-refractivity contribution in [3.05, 3.63) is 41.8 Å². The third-order valence-corrected chi connectivity index (χ3v) is 4.80. The minimum atomic E-state index is 0. The summed E-state index contributed by atoms with van der Waals surface area (Å²) in [7, 11) is 2.05. The molecule has 0 atom stereocenters. The predicted molar refractivity (Wildman–Crippen MR) is 128 cm³/mol. The van der Waals surface area contributed by atoms with Gasteiger partial charge in [-0.05, 0) is 44.7 Å². The molecule has 1 aromatic heterocycles. The van der Waals surface area contributed by atoms with E-state index in [-0.39, 0.29) is 24.0 Å². The van der Waals surface area contributed by atoms with Crippen LogP contribution in [0, 0.1) is 12.8 Å². The van der Waals surface area contributed by atoms with Gasteiger partial charge in [0, 0.05) is 45.3 Å². The number of ether oxygens (including phenoxy) is 1. The second-order valence-electron chi connectivity index (χ2n) is 7.44. The largest absolute Gasteiger partial charge is 0.444 e. The Morgan fingerprint density at radius 1 is 1.31 bits per heavy atom. The molecule has 1 N–H and O–H groups in total. The van der Waals surface area contributed by atoms with Gasteiger partial charge in [-0.15, -0.1) is 24.0 Å². The summed E-state index contributed by atoms with van der Waals surface area (Å²) in [6.45, 7) is 8.13. The number of hydrogen-bond acceptors (Lipinski definition) is 4. The fraction of sp³-hybridized carbons (Fsp3) is 0.545. The number of nitrogens with one attached hydrogen (secondary N) is 1. The quantitative estimate of drug-likeness (QED) is 0.225. The molecule has 0 saturated heterocycles. The van der Waals surface area contributed by atoms with E-state index in [0.717, 1.165) is 55.9 Å². The van der Waals surface area contributed by atoms with E-state index in [1.807, 2.05) is 19.2 Å². The van der Waals surface area contributed by atoms with Crippen LogP contribution >= 0.6 is 24.0 Å². The maximum absolute atomic E-state index is 5.74. The molecule has 0 aliphatic heterocycles. The minimum absolute atomic E-state index is 0. The highest BCUT2D eigenvalue weighted by Crippen LogP contribution is 2.28. The highest BCUT2D eigenvalue weighted by atomic mass is 127. The minimum Gasteiger partial charge on any atom is -0.444 e. The summed E-state index contributed by atoms with van der Waals surface area (Å²) < 4.78 is 11.4. The highest BCUT2D eigenvalue weighted by molar-refractivity contribution is 14.0. The lowest BCUT2D eigenvalue weighted by molar-refractivity contribution is 0.115. The number of aliphatic imine (C=N–C) groups is 1. The third kappa shape index (κ3) is 7.97. The normalized spacial score (nSPS) is 13.8. The first-order valence-electron chi connectivity index (χ1n) is 10.2. The summed E-state index contributed by atoms with van der Waals surface area (Å²) in [4.78, 5) is 11.4. The molecular weight excluding hydrogens is 479 g/mol. The van der Waals surface area contributed by atoms with Gasteiger partial charge in [0.2, 0.25) is 5.89 Å². The van der Waals surface area contributed by atoms with E-state index < -0.39 is 0 Å². The molecule has 1 heterocycles. The number of hydrogen-bond donors (Lipinski definition) is 1. The highest BCUT2D eigenvalue weighted by Gasteiger charge is 2.21. The van der Waals surface area contributed by atoms with E-state index in [0.29, 0.717) is 12.4 Å². The van der Waals surface area contributed by atoms with Crippen LogP contribution in [0.2, 0.25) is 0 Å². The molecule has 0 unspecified atom stereocenters. The summed E-state index contributed by atoms with van der Waals surface area (Å²) in [6.07, 6.45) is 5.13. The monoisotopic (exact) mass is 512 g/mol. The lowest BCUT2D eigenvalue weighted by Gasteiger charge is -2.22. The maximum atomic E-state index is 5.74. The summed E-state index contributed by atoms with van der Waals surface area (Å²) in [5.74, 6) is 2.37. The molecule has 6 nitrogen and oxygen atoms in total. The molecular formula is C22H33IN4O2. The van der Waals surface area contributed by atoms with Crippen LogP contribution in [0.4, 0.5) is 0 Å². The van der Waals surface area contributed by atoms with Gasteiger partial charge in [0.05, 0.1) is 12.3 Å². The Morgan fingerprint density at radius 2 is 2.07 bits per heavy atom. The number of benzene rings is 1. The molecule has 1 fully saturated rings. The summed E-state index contributed by atoms with van der Waals surface area (Å²) >= 11 is 0. The van der Waals surface area contributed by atoms with E-state index in [4.69, 9.17) is 14.1 Å². The smallest absolute Gasteiger partial charge is 0.226 e. The van der Waals surface area contributed by atoms with E-state index in [9.17, 15) is 0 Å². The van der Waals surface area contributed by atoms with E-state index in [1.165, 1.54) is 18.4 Å². The first-order chi connectivity index (χ1) is 13.7. The Morgan fingerprint density at radius 3 is 2.76 bits per heavy atom. The zero-order valence-electron chi connectivity index (χ0n) is 17.7. The van der Waals surface area contributed by atoms with E-state index in [1.54, 1.807) is 6.26 Å². The lowest BCUT2D eigenvalue weighted by atomic mass is 10.1. The van der Waals surface area contributed by atoms with Crippen molar-refractivity contribution in [3.8, 4) is 11.5 Å². The van der Waals surface area contributed by atoms with Crippen molar-refractivity contribution in [2.75, 3.05) is 39.9 Å². The van der Waals surface area contributed by atoms with Gasteiger partial charge in [-0.3, -0.25) is 4.99 Å². The number of guanidine groups is 1. The van der Waals surface area contributed by atoms with Crippen LogP contribution in [0.5, 0.6) is 0 Å². The van der Waals surface area contributed by atoms with Crippen molar-refractivity contribution in [1.29, 1.82) is 0 Å². The SMILES string of the molecule is CCNC(=NCCc1coc(-c2ccc(C)cc2)n1)N(C)CCOCC1CC1.I. The Labute approximate surface area is 191 Å². The van der Waals surface area contributed by atoms with Gasteiger partial charge in [0.15, 0.2) is 5.96 Å². The predicted octanol–water partition coefficient (Wildman–Crippen LogP) is 4.13. The molecule has 0 bridgehead atoms. The topological polar surface area (TPSA) is 62.9 Å². The van der Waals surface area contributed by atoms with Crippen molar-refractivity contribution in [3.63, 3.8) is 0 Å². The number of rotatable bonds is 10. The molecule has 3 rings (SSSR count). The molecule has 1 saturated carbocycles. The van der Waals surface area contributed by atoms with Crippen molar-refractivity contribution in [1.82, 2.24) is 15.2 Å². The molecule has 0 radical (unpaired) electrons. The van der Waals surface area contributed by atoms with E-state index in [2.05, 4.69) is 41.2 Å². The molecule has 7 heteroatoms. The van der Waals surface area contributed by atoms with Crippen molar-refractivity contribution in [2.45, 2.75) is 33.1 Å². The number of oxazole rings is 1. The van der Waals surface area contributed by atoms with Crippen LogP contribution < -0.4 is 5.32 Å². The first-order valence-corrected chi connectivity index (χ1v) is 10.2. The van der Waals surface area contributed by atoms with Gasteiger partial charge in [-0.2, -0.15) is 0 Å². The van der Waals surface area contributed by atoms with Gasteiger partial charge in [-0.1, -0.05) is 17.7 Å². The third-order valence-electron chi connectivity index (χ3n) is 4.80. The molecule has 2 aromatic rings. The molecule has 1 aliphatic carbocycles. The molecule has 29 heavy (non-hydrogen) atoms. The average Bonchev–Trinajstić information content (AvgIpc) is 3.41. The summed E-state index contributed by atoms with van der Waals surface area (Å²) in [5, 5.41) is 3.34. The summed E-state index contributed by atoms with van der Waals surface area (Å²) in [5.41, 5.74) is 3.15. The van der Waals surface area contributed by atoms with Crippen molar-refractivity contribution < 1.29 is 9.15 Å². The zero-order chi connectivity index (χ0) is 19.8. The van der Waals surface area contributed by atoms with Crippen LogP contribution in [-0.4, -0.2) is 55.7 Å². The Bertz CT molecular complexity index is 756. The fourth-order valence-electron chi connectivity index (χ4n) is 2.84. The van der Waals surface area contributed by atoms with E-state index >= 15 is 0 Å². The molecule has 0 spiro atoms. The van der Waals surface area contributed by atoms with Crippen LogP contribution in [-0.2, 0) is 11.2 Å². The number of aromatic nitrogens is 1. The van der Waals surface area contributed by atoms with Gasteiger partial charge in [-0.25, -0.2) is 4.98 Å². The fourth-order valence-corrected chi connectivity index (χ4v) is 2.84. The molecule has 160 valence electrons. The van der Waals surface area contributed by atoms with Crippen molar-refractivity contribution >= 4 is 29.9 Å². The zero-order valence-corrected chi connectivity index (χ0v) is 20.0. The van der Waals surface area contributed by atoms with Crippen LogP contribution in [0.25, 0.3) is 11.5 Å². The Balaban J connectivity index is 0.00000300. The first kappa shape index (κ1) is 23.7. The van der Waals surface area contributed by atoms with Crippen molar-refractivity contribution in [2.24, 2.45) is 10.9 Å². The average molecular weight is 512 g/mol. The van der Waals surface area contributed by atoms with Crippen LogP contribution in [0.1, 0.15) is 31.0 Å². The Hall–Kier alpha value is -1.61. The van der Waals surface area contributed by atoms with Gasteiger partial charge < -0.3 is 19.4 Å². The molecule has 1 aliphatic rings. The standard InChI is InChI=1S/C22H32N4O2.HI/c1-4-23-22(26(3)13-14-27-15-18-7-8-18)24-12-11-20-16-28-21(25-20)19-9-5-17(2)6-10-19;/h5-6,9-10,16,18H,4,7-8,11-15H2,1-3H3,(H,23,24);1H. The number of aryl methyl sites for hydroxylation is 1. The molecule has 0 amide bonds. The second kappa shape index (κ2) is 12.2. The Kier molecular flexibility index (Phi) is 9.93. The summed E-state index contributed by atoms with van der Waals surface area (Å²) in [6, 6.07) is 8.20. The van der Waals surface area contributed by atoms with Crippen LogP contribution in [0.15, 0.2) is 39.9 Å². The molecule has 1 aromatic carbocycles. The second-order valence-corrected chi connectivity index (χ2v) is 7.44. The van der Waals surface area contributed by atoms with Crippen LogP contribution in [0.3, 0.4) is 0 Å². The van der Waals surface area contributed by atoms with Gasteiger partial charge >= 0.3 is 0 Å². The number of nitrogens with zero attached hydrogens (tertiary/aromatic N) is 3. The maximum Gasteiger partial charge on any atom is 0.226 e. The number of halogens is 1. The lowest BCUT2D eigenvalue weighted by Crippen LogP contribution is -2.40. The van der Waals surface area contributed by atoms with Gasteiger partial charge in [0.25, 0.3) is 0 Å². The number of likely N-dealkylation sites (N-methyl/N-ethyl adjacent to an activating group) is 1. The van der Waals surface area contributed by atoms with Gasteiger partial charge in [0.1, 0.15) is 6.26 Å².